The molecule has 0 N–H and O–H groups in total. The molecule has 1 fully saturated rings. The van der Waals surface area contributed by atoms with Crippen LogP contribution in [0.5, 0.6) is 5.75 Å². The third kappa shape index (κ3) is 3.76. The SMILES string of the molecule is C[C@H]1C[C@H]1C(=O)OCC(=O)c1ccc(OC(F)F)cc1. The minimum atomic E-state index is -2.90. The van der Waals surface area contributed by atoms with Gasteiger partial charge in [0, 0.05) is 5.56 Å². The monoisotopic (exact) mass is 284 g/mol. The number of carbonyl (C=O) groups is 2. The van der Waals surface area contributed by atoms with Crippen LogP contribution in [-0.2, 0) is 9.53 Å². The molecule has 1 aromatic rings. The lowest BCUT2D eigenvalue weighted by Gasteiger charge is -2.06. The maximum atomic E-state index is 12.0. The molecule has 0 amide bonds. The summed E-state index contributed by atoms with van der Waals surface area (Å²) >= 11 is 0. The number of alkyl halides is 2. The lowest BCUT2D eigenvalue weighted by atomic mass is 10.1. The van der Waals surface area contributed by atoms with Crippen molar-refractivity contribution in [1.29, 1.82) is 0 Å². The van der Waals surface area contributed by atoms with E-state index in [0.717, 1.165) is 6.42 Å². The van der Waals surface area contributed by atoms with Crippen LogP contribution in [0, 0.1) is 11.8 Å². The van der Waals surface area contributed by atoms with E-state index in [1.807, 2.05) is 6.92 Å². The Balaban J connectivity index is 1.84. The Labute approximate surface area is 114 Å². The summed E-state index contributed by atoms with van der Waals surface area (Å²) in [6.45, 7) is -1.30. The van der Waals surface area contributed by atoms with Crippen molar-refractivity contribution < 1.29 is 27.8 Å². The van der Waals surface area contributed by atoms with E-state index >= 15 is 0 Å². The maximum Gasteiger partial charge on any atom is 0.387 e. The fraction of sp³-hybridized carbons (Fsp3) is 0.429. The first kappa shape index (κ1) is 14.4. The number of ether oxygens (including phenoxy) is 2. The molecule has 0 unspecified atom stereocenters. The molecule has 2 atom stereocenters. The highest BCUT2D eigenvalue weighted by Crippen LogP contribution is 2.38. The summed E-state index contributed by atoms with van der Waals surface area (Å²) in [6.07, 6.45) is 0.798. The Morgan fingerprint density at radius 2 is 1.90 bits per heavy atom. The number of esters is 1. The number of carbonyl (C=O) groups excluding carboxylic acids is 2. The Morgan fingerprint density at radius 1 is 1.30 bits per heavy atom. The van der Waals surface area contributed by atoms with Crippen LogP contribution in [0.1, 0.15) is 23.7 Å². The van der Waals surface area contributed by atoms with E-state index < -0.39 is 6.61 Å². The zero-order chi connectivity index (χ0) is 14.7. The normalized spacial score (nSPS) is 20.6. The number of benzene rings is 1. The van der Waals surface area contributed by atoms with Crippen LogP contribution in [-0.4, -0.2) is 25.0 Å². The highest BCUT2D eigenvalue weighted by atomic mass is 19.3. The summed E-state index contributed by atoms with van der Waals surface area (Å²) < 4.78 is 33.0. The van der Waals surface area contributed by atoms with Crippen molar-refractivity contribution in [2.45, 2.75) is 20.0 Å². The third-order valence-electron chi connectivity index (χ3n) is 3.16. The average Bonchev–Trinajstić information content (AvgIpc) is 3.13. The average molecular weight is 284 g/mol. The second-order valence-electron chi connectivity index (χ2n) is 4.75. The number of hydrogen-bond acceptors (Lipinski definition) is 4. The highest BCUT2D eigenvalue weighted by Gasteiger charge is 2.40. The molecule has 1 aliphatic rings. The molecule has 1 aromatic carbocycles. The van der Waals surface area contributed by atoms with E-state index in [9.17, 15) is 18.4 Å². The van der Waals surface area contributed by atoms with Crippen molar-refractivity contribution >= 4 is 11.8 Å². The second kappa shape index (κ2) is 5.98. The smallest absolute Gasteiger partial charge is 0.387 e. The van der Waals surface area contributed by atoms with Crippen LogP contribution in [0.4, 0.5) is 8.78 Å². The summed E-state index contributed by atoms with van der Waals surface area (Å²) in [5.74, 6) is -0.535. The van der Waals surface area contributed by atoms with Gasteiger partial charge in [0.05, 0.1) is 5.92 Å². The topological polar surface area (TPSA) is 52.6 Å². The van der Waals surface area contributed by atoms with Gasteiger partial charge < -0.3 is 9.47 Å². The Bertz CT molecular complexity index is 498. The molecule has 4 nitrogen and oxygen atoms in total. The van der Waals surface area contributed by atoms with Crippen molar-refractivity contribution in [3.05, 3.63) is 29.8 Å². The summed E-state index contributed by atoms with van der Waals surface area (Å²) in [6, 6.07) is 5.25. The quantitative estimate of drug-likeness (QED) is 0.595. The van der Waals surface area contributed by atoms with E-state index in [2.05, 4.69) is 4.74 Å². The molecule has 0 bridgehead atoms. The number of ketones is 1. The largest absolute Gasteiger partial charge is 0.457 e. The van der Waals surface area contributed by atoms with Crippen LogP contribution in [0.2, 0.25) is 0 Å². The Hall–Kier alpha value is -1.98. The molecular weight excluding hydrogens is 270 g/mol. The zero-order valence-corrected chi connectivity index (χ0v) is 10.8. The van der Waals surface area contributed by atoms with Gasteiger partial charge in [-0.25, -0.2) is 0 Å². The van der Waals surface area contributed by atoms with Crippen molar-refractivity contribution in [3.63, 3.8) is 0 Å². The molecule has 6 heteroatoms. The Kier molecular flexibility index (Phi) is 4.32. The van der Waals surface area contributed by atoms with Gasteiger partial charge in [0.2, 0.25) is 0 Å². The molecule has 20 heavy (non-hydrogen) atoms. The van der Waals surface area contributed by atoms with Gasteiger partial charge in [-0.1, -0.05) is 6.92 Å². The molecule has 0 radical (unpaired) electrons. The van der Waals surface area contributed by atoms with Gasteiger partial charge in [-0.2, -0.15) is 8.78 Å². The van der Waals surface area contributed by atoms with Crippen molar-refractivity contribution in [2.24, 2.45) is 11.8 Å². The number of Topliss-reactive ketones (excluding diaryl/α,β-unsaturated/α-hetero) is 1. The van der Waals surface area contributed by atoms with Crippen molar-refractivity contribution in [1.82, 2.24) is 0 Å². The fourth-order valence-corrected chi connectivity index (χ4v) is 1.80. The maximum absolute atomic E-state index is 12.0. The molecule has 0 heterocycles. The lowest BCUT2D eigenvalue weighted by Crippen LogP contribution is -2.15. The number of hydrogen-bond donors (Lipinski definition) is 0. The molecule has 0 saturated heterocycles. The summed E-state index contributed by atoms with van der Waals surface area (Å²) in [7, 11) is 0. The number of halogens is 2. The first-order valence-electron chi connectivity index (χ1n) is 6.22. The predicted octanol–water partition coefficient (Wildman–Crippen LogP) is 2.67. The van der Waals surface area contributed by atoms with Crippen LogP contribution in [0.3, 0.4) is 0 Å². The molecule has 1 saturated carbocycles. The van der Waals surface area contributed by atoms with Gasteiger partial charge in [0.25, 0.3) is 0 Å². The standard InChI is InChI=1S/C14H14F2O4/c1-8-6-11(8)13(18)19-7-12(17)9-2-4-10(5-3-9)20-14(15)16/h2-5,8,11,14H,6-7H2,1H3/t8-,11+/m0/s1. The van der Waals surface area contributed by atoms with Crippen molar-refractivity contribution in [3.8, 4) is 5.75 Å². The van der Waals surface area contributed by atoms with Crippen LogP contribution >= 0.6 is 0 Å². The highest BCUT2D eigenvalue weighted by molar-refractivity contribution is 5.98. The molecule has 108 valence electrons. The Morgan fingerprint density at radius 3 is 2.40 bits per heavy atom. The molecular formula is C14H14F2O4. The number of rotatable bonds is 6. The molecule has 0 aromatic heterocycles. The van der Waals surface area contributed by atoms with Crippen LogP contribution in [0.25, 0.3) is 0 Å². The minimum Gasteiger partial charge on any atom is -0.457 e. The summed E-state index contributed by atoms with van der Waals surface area (Å²) in [5.41, 5.74) is 0.281. The molecule has 2 rings (SSSR count). The molecule has 1 aliphatic carbocycles. The summed E-state index contributed by atoms with van der Waals surface area (Å²) in [4.78, 5) is 23.2. The van der Waals surface area contributed by atoms with E-state index in [4.69, 9.17) is 4.74 Å². The lowest BCUT2D eigenvalue weighted by molar-refractivity contribution is -0.144. The zero-order valence-electron chi connectivity index (χ0n) is 10.8. The van der Waals surface area contributed by atoms with Gasteiger partial charge in [-0.05, 0) is 36.6 Å². The van der Waals surface area contributed by atoms with E-state index in [-0.39, 0.29) is 35.6 Å². The fourth-order valence-electron chi connectivity index (χ4n) is 1.80. The van der Waals surface area contributed by atoms with Crippen LogP contribution < -0.4 is 4.74 Å². The van der Waals surface area contributed by atoms with Crippen molar-refractivity contribution in [2.75, 3.05) is 6.61 Å². The van der Waals surface area contributed by atoms with E-state index in [0.29, 0.717) is 5.92 Å². The van der Waals surface area contributed by atoms with Gasteiger partial charge in [-0.3, -0.25) is 9.59 Å². The molecule has 0 spiro atoms. The van der Waals surface area contributed by atoms with Gasteiger partial charge in [0.1, 0.15) is 5.75 Å². The van der Waals surface area contributed by atoms with Gasteiger partial charge in [0.15, 0.2) is 12.4 Å². The molecule has 0 aliphatic heterocycles. The van der Waals surface area contributed by atoms with Crippen LogP contribution in [0.15, 0.2) is 24.3 Å². The first-order valence-corrected chi connectivity index (χ1v) is 6.22. The summed E-state index contributed by atoms with van der Waals surface area (Å²) in [5, 5.41) is 0. The predicted molar refractivity (Wildman–Crippen MR) is 65.6 cm³/mol. The van der Waals surface area contributed by atoms with E-state index in [1.165, 1.54) is 24.3 Å². The second-order valence-corrected chi connectivity index (χ2v) is 4.75. The first-order chi connectivity index (χ1) is 9.47. The van der Waals surface area contributed by atoms with Gasteiger partial charge in [-0.15, -0.1) is 0 Å². The minimum absolute atomic E-state index is 0.0275. The van der Waals surface area contributed by atoms with Gasteiger partial charge >= 0.3 is 12.6 Å². The third-order valence-corrected chi connectivity index (χ3v) is 3.16. The van der Waals surface area contributed by atoms with E-state index in [1.54, 1.807) is 0 Å².